The molecule has 5 heteroatoms. The lowest BCUT2D eigenvalue weighted by atomic mass is 10.1. The third-order valence-electron chi connectivity index (χ3n) is 3.91. The number of para-hydroxylation sites is 2. The van der Waals surface area contributed by atoms with Crippen molar-refractivity contribution in [3.05, 3.63) is 60.3 Å². The predicted molar refractivity (Wildman–Crippen MR) is 91.8 cm³/mol. The Balaban J connectivity index is 1.82. The Hall–Kier alpha value is -3.21. The molecule has 0 amide bonds. The molecule has 0 spiro atoms. The van der Waals surface area contributed by atoms with Crippen LogP contribution in [0.15, 0.2) is 59.0 Å². The van der Waals surface area contributed by atoms with E-state index < -0.39 is 0 Å². The number of aromatic nitrogens is 3. The highest BCUT2D eigenvalue weighted by atomic mass is 16.5. The zero-order chi connectivity index (χ0) is 16.5. The number of aryl methyl sites for hydroxylation is 1. The molecular formula is C19H15N3O2. The number of pyridine rings is 1. The zero-order valence-corrected chi connectivity index (χ0v) is 13.4. The van der Waals surface area contributed by atoms with Gasteiger partial charge in [0.1, 0.15) is 5.75 Å². The Morgan fingerprint density at radius 2 is 1.58 bits per heavy atom. The lowest BCUT2D eigenvalue weighted by Gasteiger charge is -2.04. The molecule has 4 rings (SSSR count). The van der Waals surface area contributed by atoms with E-state index in [1.165, 1.54) is 0 Å². The summed E-state index contributed by atoms with van der Waals surface area (Å²) in [6.07, 6.45) is 0. The Morgan fingerprint density at radius 1 is 0.875 bits per heavy atom. The van der Waals surface area contributed by atoms with Crippen LogP contribution >= 0.6 is 0 Å². The van der Waals surface area contributed by atoms with Crippen LogP contribution in [0.2, 0.25) is 0 Å². The maximum atomic E-state index is 5.89. The van der Waals surface area contributed by atoms with Gasteiger partial charge in [0.05, 0.1) is 29.4 Å². The zero-order valence-electron chi connectivity index (χ0n) is 13.4. The molecule has 0 aliphatic heterocycles. The average molecular weight is 317 g/mol. The number of methoxy groups -OCH3 is 1. The quantitative estimate of drug-likeness (QED) is 0.565. The molecule has 0 aliphatic rings. The predicted octanol–water partition coefficient (Wildman–Crippen LogP) is 4.27. The van der Waals surface area contributed by atoms with E-state index in [2.05, 4.69) is 15.2 Å². The molecule has 0 aliphatic carbocycles. The van der Waals surface area contributed by atoms with Crippen molar-refractivity contribution < 1.29 is 9.15 Å². The molecule has 0 bridgehead atoms. The molecule has 24 heavy (non-hydrogen) atoms. The Labute approximate surface area is 138 Å². The van der Waals surface area contributed by atoms with Gasteiger partial charge in [-0.15, -0.1) is 10.2 Å². The lowest BCUT2D eigenvalue weighted by Crippen LogP contribution is -1.89. The highest BCUT2D eigenvalue weighted by Crippen LogP contribution is 2.32. The van der Waals surface area contributed by atoms with Crippen LogP contribution in [0.25, 0.3) is 33.8 Å². The minimum atomic E-state index is 0.426. The summed E-state index contributed by atoms with van der Waals surface area (Å²) in [5.74, 6) is 1.57. The molecule has 4 aromatic rings. The number of nitrogens with zero attached hydrogens (tertiary/aromatic N) is 3. The van der Waals surface area contributed by atoms with E-state index in [1.54, 1.807) is 7.11 Å². The van der Waals surface area contributed by atoms with E-state index in [0.717, 1.165) is 27.7 Å². The first-order chi connectivity index (χ1) is 11.8. The number of hydrogen-bond acceptors (Lipinski definition) is 5. The van der Waals surface area contributed by atoms with E-state index in [9.17, 15) is 0 Å². The molecule has 0 unspecified atom stereocenters. The lowest BCUT2D eigenvalue weighted by molar-refractivity contribution is 0.414. The van der Waals surface area contributed by atoms with Crippen molar-refractivity contribution >= 4 is 10.9 Å². The van der Waals surface area contributed by atoms with Gasteiger partial charge in [-0.25, -0.2) is 0 Å². The van der Waals surface area contributed by atoms with Crippen molar-refractivity contribution in [2.75, 3.05) is 7.11 Å². The highest BCUT2D eigenvalue weighted by Gasteiger charge is 2.16. The fourth-order valence-corrected chi connectivity index (χ4v) is 2.69. The van der Waals surface area contributed by atoms with Crippen LogP contribution in [-0.2, 0) is 0 Å². The fourth-order valence-electron chi connectivity index (χ4n) is 2.69. The van der Waals surface area contributed by atoms with Gasteiger partial charge in [0.25, 0.3) is 5.89 Å². The number of ether oxygens (including phenoxy) is 1. The molecule has 0 radical (unpaired) electrons. The van der Waals surface area contributed by atoms with E-state index in [-0.39, 0.29) is 0 Å². The Bertz CT molecular complexity index is 1020. The SMILES string of the molecule is COc1ccccc1-c1nnc(-c2cc3ccccc3nc2C)o1. The smallest absolute Gasteiger partial charge is 0.251 e. The fraction of sp³-hybridized carbons (Fsp3) is 0.105. The van der Waals surface area contributed by atoms with Crippen LogP contribution in [0.4, 0.5) is 0 Å². The molecule has 0 N–H and O–H groups in total. The van der Waals surface area contributed by atoms with Crippen molar-refractivity contribution in [2.24, 2.45) is 0 Å². The maximum Gasteiger partial charge on any atom is 0.251 e. The van der Waals surface area contributed by atoms with Crippen LogP contribution in [-0.4, -0.2) is 22.3 Å². The summed E-state index contributed by atoms with van der Waals surface area (Å²) < 4.78 is 11.2. The first kappa shape index (κ1) is 14.4. The molecule has 0 saturated heterocycles. The van der Waals surface area contributed by atoms with Gasteiger partial charge in [-0.3, -0.25) is 4.98 Å². The van der Waals surface area contributed by atoms with Gasteiger partial charge in [-0.2, -0.15) is 0 Å². The summed E-state index contributed by atoms with van der Waals surface area (Å²) in [5, 5.41) is 9.40. The average Bonchev–Trinajstić information content (AvgIpc) is 3.10. The first-order valence-electron chi connectivity index (χ1n) is 7.60. The van der Waals surface area contributed by atoms with Crippen LogP contribution in [0.5, 0.6) is 5.75 Å². The van der Waals surface area contributed by atoms with Gasteiger partial charge < -0.3 is 9.15 Å². The minimum absolute atomic E-state index is 0.426. The highest BCUT2D eigenvalue weighted by molar-refractivity contribution is 5.83. The molecule has 2 heterocycles. The molecule has 0 saturated carbocycles. The van der Waals surface area contributed by atoms with Gasteiger partial charge in [0, 0.05) is 5.39 Å². The number of rotatable bonds is 3. The van der Waals surface area contributed by atoms with Crippen LogP contribution in [0.1, 0.15) is 5.69 Å². The number of fused-ring (bicyclic) bond motifs is 1. The van der Waals surface area contributed by atoms with E-state index in [1.807, 2.05) is 61.5 Å². The molecule has 0 fully saturated rings. The van der Waals surface area contributed by atoms with Crippen LogP contribution < -0.4 is 4.74 Å². The van der Waals surface area contributed by atoms with Crippen molar-refractivity contribution in [3.63, 3.8) is 0 Å². The van der Waals surface area contributed by atoms with Gasteiger partial charge in [0.2, 0.25) is 5.89 Å². The van der Waals surface area contributed by atoms with E-state index >= 15 is 0 Å². The monoisotopic (exact) mass is 317 g/mol. The Morgan fingerprint density at radius 3 is 2.42 bits per heavy atom. The van der Waals surface area contributed by atoms with Crippen molar-refractivity contribution in [3.8, 4) is 28.7 Å². The third kappa shape index (κ3) is 2.40. The van der Waals surface area contributed by atoms with Gasteiger partial charge in [-0.1, -0.05) is 30.3 Å². The topological polar surface area (TPSA) is 61.0 Å². The maximum absolute atomic E-state index is 5.89. The molecule has 0 atom stereocenters. The summed E-state index contributed by atoms with van der Waals surface area (Å²) >= 11 is 0. The first-order valence-corrected chi connectivity index (χ1v) is 7.60. The van der Waals surface area contributed by atoms with Crippen LogP contribution in [0.3, 0.4) is 0 Å². The molecular weight excluding hydrogens is 302 g/mol. The summed E-state index contributed by atoms with van der Waals surface area (Å²) in [5.41, 5.74) is 3.40. The minimum Gasteiger partial charge on any atom is -0.496 e. The molecule has 2 aromatic carbocycles. The molecule has 5 nitrogen and oxygen atoms in total. The largest absolute Gasteiger partial charge is 0.496 e. The van der Waals surface area contributed by atoms with Gasteiger partial charge in [0.15, 0.2) is 0 Å². The van der Waals surface area contributed by atoms with E-state index in [4.69, 9.17) is 9.15 Å². The summed E-state index contributed by atoms with van der Waals surface area (Å²) in [4.78, 5) is 4.62. The number of benzene rings is 2. The third-order valence-corrected chi connectivity index (χ3v) is 3.91. The van der Waals surface area contributed by atoms with Crippen molar-refractivity contribution in [1.29, 1.82) is 0 Å². The number of hydrogen-bond donors (Lipinski definition) is 0. The normalized spacial score (nSPS) is 10.9. The summed E-state index contributed by atoms with van der Waals surface area (Å²) in [6.45, 7) is 1.94. The summed E-state index contributed by atoms with van der Waals surface area (Å²) in [6, 6.07) is 17.5. The summed E-state index contributed by atoms with van der Waals surface area (Å²) in [7, 11) is 1.62. The second-order valence-electron chi connectivity index (χ2n) is 5.43. The Kier molecular flexibility index (Phi) is 3.46. The van der Waals surface area contributed by atoms with Gasteiger partial charge >= 0.3 is 0 Å². The van der Waals surface area contributed by atoms with Crippen molar-refractivity contribution in [2.45, 2.75) is 6.92 Å². The van der Waals surface area contributed by atoms with Gasteiger partial charge in [-0.05, 0) is 31.2 Å². The second-order valence-corrected chi connectivity index (χ2v) is 5.43. The standard InChI is InChI=1S/C19H15N3O2/c1-12-15(11-13-7-3-5-9-16(13)20-12)19-22-21-18(24-19)14-8-4-6-10-17(14)23-2/h3-11H,1-2H3. The van der Waals surface area contributed by atoms with E-state index in [0.29, 0.717) is 17.5 Å². The molecule has 2 aromatic heterocycles. The second kappa shape index (κ2) is 5.77. The van der Waals surface area contributed by atoms with Crippen LogP contribution in [0, 0.1) is 6.92 Å². The van der Waals surface area contributed by atoms with Crippen molar-refractivity contribution in [1.82, 2.24) is 15.2 Å². The molecule has 118 valence electrons.